The molecular formula is C14H21F3N2. The highest BCUT2D eigenvalue weighted by atomic mass is 19.4. The molecule has 1 heterocycles. The number of halogens is 3. The fourth-order valence-corrected chi connectivity index (χ4v) is 2.22. The first-order valence-electron chi connectivity index (χ1n) is 6.62. The summed E-state index contributed by atoms with van der Waals surface area (Å²) in [5.74, 6) is 0.151. The molecule has 0 spiro atoms. The minimum Gasteiger partial charge on any atom is -0.326 e. The van der Waals surface area contributed by atoms with Gasteiger partial charge < -0.3 is 11.1 Å². The summed E-state index contributed by atoms with van der Waals surface area (Å²) in [5.41, 5.74) is 6.24. The molecule has 0 bridgehead atoms. The first-order chi connectivity index (χ1) is 8.98. The molecule has 5 heteroatoms. The molecule has 108 valence electrons. The smallest absolute Gasteiger partial charge is 0.326 e. The molecule has 2 atom stereocenters. The molecule has 0 radical (unpaired) electrons. The van der Waals surface area contributed by atoms with Crippen LogP contribution in [0.2, 0.25) is 0 Å². The molecule has 19 heavy (non-hydrogen) atoms. The average molecular weight is 274 g/mol. The highest BCUT2D eigenvalue weighted by molar-refractivity contribution is 5.28. The summed E-state index contributed by atoms with van der Waals surface area (Å²) in [6, 6.07) is 5.31. The number of alkyl halides is 3. The summed E-state index contributed by atoms with van der Waals surface area (Å²) in [4.78, 5) is 0. The Balaban J connectivity index is 0.000000861. The predicted octanol–water partition coefficient (Wildman–Crippen LogP) is 3.14. The largest absolute Gasteiger partial charge is 0.416 e. The van der Waals surface area contributed by atoms with Crippen LogP contribution in [0.15, 0.2) is 24.3 Å². The minimum atomic E-state index is -4.27. The lowest BCUT2D eigenvalue weighted by atomic mass is 9.86. The number of nitrogens with one attached hydrogen (secondary N) is 1. The quantitative estimate of drug-likeness (QED) is 0.825. The van der Waals surface area contributed by atoms with E-state index in [0.29, 0.717) is 6.54 Å². The zero-order chi connectivity index (χ0) is 14.5. The SMILES string of the molecule is CC.NC1CNCCC1c1ccc(C(F)(F)F)cc1. The predicted molar refractivity (Wildman–Crippen MR) is 71.0 cm³/mol. The van der Waals surface area contributed by atoms with Gasteiger partial charge in [0.1, 0.15) is 0 Å². The van der Waals surface area contributed by atoms with E-state index in [9.17, 15) is 13.2 Å². The monoisotopic (exact) mass is 274 g/mol. The Morgan fingerprint density at radius 1 is 1.16 bits per heavy atom. The fraction of sp³-hybridized carbons (Fsp3) is 0.571. The molecule has 0 aromatic heterocycles. The fourth-order valence-electron chi connectivity index (χ4n) is 2.22. The van der Waals surface area contributed by atoms with Crippen molar-refractivity contribution in [2.24, 2.45) is 5.73 Å². The van der Waals surface area contributed by atoms with E-state index < -0.39 is 11.7 Å². The molecule has 1 fully saturated rings. The van der Waals surface area contributed by atoms with Gasteiger partial charge >= 0.3 is 6.18 Å². The minimum absolute atomic E-state index is 0.0273. The topological polar surface area (TPSA) is 38.0 Å². The van der Waals surface area contributed by atoms with Gasteiger partial charge in [0.25, 0.3) is 0 Å². The second-order valence-corrected chi connectivity index (χ2v) is 4.38. The maximum Gasteiger partial charge on any atom is 0.416 e. The summed E-state index contributed by atoms with van der Waals surface area (Å²) in [6.45, 7) is 5.57. The molecule has 1 aliphatic heterocycles. The van der Waals surface area contributed by atoms with Gasteiger partial charge in [0.15, 0.2) is 0 Å². The normalized spacial score (nSPS) is 23.5. The number of piperidine rings is 1. The van der Waals surface area contributed by atoms with Crippen LogP contribution >= 0.6 is 0 Å². The first kappa shape index (κ1) is 16.0. The lowest BCUT2D eigenvalue weighted by Crippen LogP contribution is -2.44. The molecule has 0 amide bonds. The van der Waals surface area contributed by atoms with Gasteiger partial charge in [-0.15, -0.1) is 0 Å². The van der Waals surface area contributed by atoms with Crippen molar-refractivity contribution in [3.8, 4) is 0 Å². The van der Waals surface area contributed by atoms with E-state index in [2.05, 4.69) is 5.32 Å². The van der Waals surface area contributed by atoms with Crippen LogP contribution in [0.5, 0.6) is 0 Å². The molecular weight excluding hydrogens is 253 g/mol. The summed E-state index contributed by atoms with van der Waals surface area (Å²) in [6.07, 6.45) is -3.40. The van der Waals surface area contributed by atoms with Crippen LogP contribution in [0.3, 0.4) is 0 Å². The standard InChI is InChI=1S/C12H15F3N2.C2H6/c13-12(14,15)9-3-1-8(2-4-9)10-5-6-17-7-11(10)16;1-2/h1-4,10-11,17H,5-7,16H2;1-2H3. The molecule has 1 aliphatic rings. The van der Waals surface area contributed by atoms with Gasteiger partial charge in [-0.25, -0.2) is 0 Å². The number of benzene rings is 1. The third-order valence-corrected chi connectivity index (χ3v) is 3.20. The van der Waals surface area contributed by atoms with Crippen molar-refractivity contribution in [2.75, 3.05) is 13.1 Å². The number of hydrogen-bond acceptors (Lipinski definition) is 2. The maximum absolute atomic E-state index is 12.4. The Hall–Kier alpha value is -1.07. The molecule has 0 aliphatic carbocycles. The van der Waals surface area contributed by atoms with E-state index in [1.165, 1.54) is 0 Å². The molecule has 1 aromatic rings. The third kappa shape index (κ3) is 4.21. The van der Waals surface area contributed by atoms with E-state index in [-0.39, 0.29) is 12.0 Å². The van der Waals surface area contributed by atoms with Gasteiger partial charge in [-0.2, -0.15) is 13.2 Å². The number of rotatable bonds is 1. The third-order valence-electron chi connectivity index (χ3n) is 3.20. The maximum atomic E-state index is 12.4. The zero-order valence-corrected chi connectivity index (χ0v) is 11.3. The van der Waals surface area contributed by atoms with Crippen LogP contribution in [0.1, 0.15) is 37.3 Å². The van der Waals surface area contributed by atoms with Gasteiger partial charge in [-0.1, -0.05) is 26.0 Å². The van der Waals surface area contributed by atoms with E-state index in [1.807, 2.05) is 13.8 Å². The Morgan fingerprint density at radius 3 is 2.21 bits per heavy atom. The summed E-state index contributed by atoms with van der Waals surface area (Å²) in [7, 11) is 0. The van der Waals surface area contributed by atoms with Gasteiger partial charge in [0, 0.05) is 18.5 Å². The Kier molecular flexibility index (Phi) is 5.82. The molecule has 0 saturated carbocycles. The number of hydrogen-bond donors (Lipinski definition) is 2. The van der Waals surface area contributed by atoms with Crippen molar-refractivity contribution in [2.45, 2.75) is 38.4 Å². The second kappa shape index (κ2) is 6.91. The molecule has 1 saturated heterocycles. The highest BCUT2D eigenvalue weighted by Gasteiger charge is 2.31. The van der Waals surface area contributed by atoms with Crippen molar-refractivity contribution < 1.29 is 13.2 Å². The van der Waals surface area contributed by atoms with E-state index in [0.717, 1.165) is 30.7 Å². The van der Waals surface area contributed by atoms with Crippen molar-refractivity contribution in [1.82, 2.24) is 5.32 Å². The molecule has 2 unspecified atom stereocenters. The van der Waals surface area contributed by atoms with Crippen molar-refractivity contribution in [3.05, 3.63) is 35.4 Å². The lowest BCUT2D eigenvalue weighted by Gasteiger charge is -2.29. The van der Waals surface area contributed by atoms with Gasteiger partial charge in [-0.3, -0.25) is 0 Å². The highest BCUT2D eigenvalue weighted by Crippen LogP contribution is 2.31. The van der Waals surface area contributed by atoms with Crippen molar-refractivity contribution in [1.29, 1.82) is 0 Å². The summed E-state index contributed by atoms with van der Waals surface area (Å²) >= 11 is 0. The van der Waals surface area contributed by atoms with Gasteiger partial charge in [-0.05, 0) is 30.7 Å². The zero-order valence-electron chi connectivity index (χ0n) is 11.3. The first-order valence-corrected chi connectivity index (χ1v) is 6.62. The molecule has 3 N–H and O–H groups in total. The van der Waals surface area contributed by atoms with Gasteiger partial charge in [0.05, 0.1) is 5.56 Å². The van der Waals surface area contributed by atoms with E-state index >= 15 is 0 Å². The lowest BCUT2D eigenvalue weighted by molar-refractivity contribution is -0.137. The Labute approximate surface area is 112 Å². The summed E-state index contributed by atoms with van der Waals surface area (Å²) in [5, 5.41) is 3.16. The van der Waals surface area contributed by atoms with Crippen LogP contribution in [0.25, 0.3) is 0 Å². The van der Waals surface area contributed by atoms with Crippen molar-refractivity contribution >= 4 is 0 Å². The molecule has 2 nitrogen and oxygen atoms in total. The van der Waals surface area contributed by atoms with Crippen LogP contribution in [-0.4, -0.2) is 19.1 Å². The van der Waals surface area contributed by atoms with E-state index in [1.54, 1.807) is 12.1 Å². The average Bonchev–Trinajstić information content (AvgIpc) is 2.41. The number of nitrogens with two attached hydrogens (primary N) is 1. The second-order valence-electron chi connectivity index (χ2n) is 4.38. The molecule has 1 aromatic carbocycles. The van der Waals surface area contributed by atoms with Gasteiger partial charge in [0.2, 0.25) is 0 Å². The van der Waals surface area contributed by atoms with E-state index in [4.69, 9.17) is 5.73 Å². The Bertz CT molecular complexity index is 373. The molecule has 2 rings (SSSR count). The van der Waals surface area contributed by atoms with Crippen LogP contribution in [0.4, 0.5) is 13.2 Å². The van der Waals surface area contributed by atoms with Crippen molar-refractivity contribution in [3.63, 3.8) is 0 Å². The van der Waals surface area contributed by atoms with Crippen LogP contribution in [-0.2, 0) is 6.18 Å². The summed E-state index contributed by atoms with van der Waals surface area (Å²) < 4.78 is 37.2. The van der Waals surface area contributed by atoms with Crippen LogP contribution < -0.4 is 11.1 Å². The Morgan fingerprint density at radius 2 is 1.74 bits per heavy atom. The van der Waals surface area contributed by atoms with Crippen LogP contribution in [0, 0.1) is 0 Å².